The van der Waals surface area contributed by atoms with E-state index in [9.17, 15) is 0 Å². The molecular weight excluding hydrogens is 203 g/mol. The van der Waals surface area contributed by atoms with Crippen molar-refractivity contribution in [2.24, 2.45) is 23.7 Å². The van der Waals surface area contributed by atoms with Crippen LogP contribution in [0.5, 0.6) is 0 Å². The van der Waals surface area contributed by atoms with E-state index in [0.29, 0.717) is 5.31 Å². The van der Waals surface area contributed by atoms with Gasteiger partial charge in [0.15, 0.2) is 0 Å². The van der Waals surface area contributed by atoms with Gasteiger partial charge in [-0.15, -0.1) is 0 Å². The van der Waals surface area contributed by atoms with Crippen LogP contribution >= 0.6 is 0 Å². The van der Waals surface area contributed by atoms with Gasteiger partial charge in [-0.3, -0.25) is 0 Å². The van der Waals surface area contributed by atoms with Crippen molar-refractivity contribution in [1.82, 2.24) is 0 Å². The SMILES string of the molecule is CC1CB(C(C)(C)C(C)C)C2CC1CCC2C. The molecule has 0 nitrogen and oxygen atoms in total. The molecule has 17 heavy (non-hydrogen) atoms. The predicted molar refractivity (Wildman–Crippen MR) is 78.9 cm³/mol. The van der Waals surface area contributed by atoms with Crippen molar-refractivity contribution in [2.75, 3.05) is 0 Å². The van der Waals surface area contributed by atoms with E-state index < -0.39 is 0 Å². The standard InChI is InChI=1S/C16H31B/c1-11(2)16(5,6)17-10-13(4)14-8-7-12(3)15(17)9-14/h11-15H,7-10H2,1-6H3. The highest BCUT2D eigenvalue weighted by molar-refractivity contribution is 6.64. The lowest BCUT2D eigenvalue weighted by atomic mass is 9.19. The first-order chi connectivity index (χ1) is 7.84. The highest BCUT2D eigenvalue weighted by atomic mass is 14.4. The van der Waals surface area contributed by atoms with E-state index in [-0.39, 0.29) is 0 Å². The topological polar surface area (TPSA) is 0 Å². The van der Waals surface area contributed by atoms with Crippen LogP contribution in [-0.4, -0.2) is 6.71 Å². The summed E-state index contributed by atoms with van der Waals surface area (Å²) in [6, 6.07) is 0. The third-order valence-corrected chi connectivity index (χ3v) is 6.69. The molecule has 1 saturated heterocycles. The summed E-state index contributed by atoms with van der Waals surface area (Å²) in [6.07, 6.45) is 6.02. The van der Waals surface area contributed by atoms with Gasteiger partial charge in [0.1, 0.15) is 6.71 Å². The van der Waals surface area contributed by atoms with E-state index in [4.69, 9.17) is 0 Å². The Morgan fingerprint density at radius 1 is 1.06 bits per heavy atom. The molecule has 0 aromatic heterocycles. The Kier molecular flexibility index (Phi) is 3.67. The second-order valence-electron chi connectivity index (χ2n) is 8.01. The zero-order valence-corrected chi connectivity index (χ0v) is 12.8. The first-order valence-corrected chi connectivity index (χ1v) is 7.84. The molecule has 4 atom stereocenters. The maximum absolute atomic E-state index is 2.52. The molecule has 2 rings (SSSR count). The molecule has 98 valence electrons. The van der Waals surface area contributed by atoms with Crippen molar-refractivity contribution in [3.05, 3.63) is 0 Å². The van der Waals surface area contributed by atoms with Crippen LogP contribution < -0.4 is 0 Å². The molecule has 1 saturated carbocycles. The van der Waals surface area contributed by atoms with Gasteiger partial charge in [-0.2, -0.15) is 0 Å². The molecule has 0 aromatic rings. The van der Waals surface area contributed by atoms with Gasteiger partial charge in [-0.25, -0.2) is 0 Å². The number of fused-ring (bicyclic) bond motifs is 2. The van der Waals surface area contributed by atoms with Crippen molar-refractivity contribution in [3.8, 4) is 0 Å². The summed E-state index contributed by atoms with van der Waals surface area (Å²) in [6.45, 7) is 15.9. The van der Waals surface area contributed by atoms with E-state index in [2.05, 4.69) is 41.5 Å². The van der Waals surface area contributed by atoms with E-state index >= 15 is 0 Å². The first-order valence-electron chi connectivity index (χ1n) is 7.84. The molecule has 2 aliphatic rings. The molecule has 0 spiro atoms. The predicted octanol–water partition coefficient (Wildman–Crippen LogP) is 5.37. The summed E-state index contributed by atoms with van der Waals surface area (Å²) in [5.41, 5.74) is 0. The first kappa shape index (κ1) is 13.5. The van der Waals surface area contributed by atoms with Gasteiger partial charge in [-0.1, -0.05) is 71.8 Å². The van der Waals surface area contributed by atoms with Crippen molar-refractivity contribution in [1.29, 1.82) is 0 Å². The van der Waals surface area contributed by atoms with Gasteiger partial charge >= 0.3 is 0 Å². The van der Waals surface area contributed by atoms with Crippen LogP contribution in [0.3, 0.4) is 0 Å². The minimum Gasteiger partial charge on any atom is -0.0706 e. The van der Waals surface area contributed by atoms with Gasteiger partial charge in [0, 0.05) is 0 Å². The largest absolute Gasteiger partial charge is 0.149 e. The Balaban J connectivity index is 2.21. The van der Waals surface area contributed by atoms with E-state index in [1.165, 1.54) is 25.6 Å². The lowest BCUT2D eigenvalue weighted by Crippen LogP contribution is -2.47. The molecule has 0 radical (unpaired) electrons. The van der Waals surface area contributed by atoms with Gasteiger partial charge < -0.3 is 0 Å². The zero-order chi connectivity index (χ0) is 12.8. The molecule has 4 unspecified atom stereocenters. The van der Waals surface area contributed by atoms with Crippen molar-refractivity contribution in [3.63, 3.8) is 0 Å². The maximum Gasteiger partial charge on any atom is 0.149 e. The Morgan fingerprint density at radius 3 is 2.29 bits per heavy atom. The second kappa shape index (κ2) is 4.63. The average Bonchev–Trinajstić information content (AvgIpc) is 2.26. The molecule has 1 heteroatoms. The normalized spacial score (nSPS) is 38.6. The number of rotatable bonds is 2. The van der Waals surface area contributed by atoms with Crippen molar-refractivity contribution >= 4 is 6.71 Å². The molecule has 2 bridgehead atoms. The van der Waals surface area contributed by atoms with Gasteiger partial charge in [0.05, 0.1) is 0 Å². The zero-order valence-electron chi connectivity index (χ0n) is 12.8. The molecule has 0 amide bonds. The maximum atomic E-state index is 2.52. The van der Waals surface area contributed by atoms with Crippen LogP contribution in [0.25, 0.3) is 0 Å². The quantitative estimate of drug-likeness (QED) is 0.563. The Morgan fingerprint density at radius 2 is 1.71 bits per heavy atom. The van der Waals surface area contributed by atoms with Gasteiger partial charge in [-0.05, 0) is 30.1 Å². The van der Waals surface area contributed by atoms with Crippen molar-refractivity contribution in [2.45, 2.75) is 78.3 Å². The third kappa shape index (κ3) is 2.31. The molecule has 1 aliphatic carbocycles. The Hall–Kier alpha value is 0.0649. The summed E-state index contributed by atoms with van der Waals surface area (Å²) in [5.74, 6) is 4.83. The molecule has 0 aromatic carbocycles. The van der Waals surface area contributed by atoms with E-state index in [0.717, 1.165) is 36.2 Å². The number of hydrogen-bond acceptors (Lipinski definition) is 0. The molecule has 0 N–H and O–H groups in total. The highest BCUT2D eigenvalue weighted by Gasteiger charge is 2.49. The average molecular weight is 234 g/mol. The summed E-state index contributed by atoms with van der Waals surface area (Å²) >= 11 is 0. The fourth-order valence-electron chi connectivity index (χ4n) is 4.52. The monoisotopic (exact) mass is 234 g/mol. The van der Waals surface area contributed by atoms with Crippen LogP contribution in [0.1, 0.15) is 60.8 Å². The van der Waals surface area contributed by atoms with Crippen molar-refractivity contribution < 1.29 is 0 Å². The third-order valence-electron chi connectivity index (χ3n) is 6.69. The lowest BCUT2D eigenvalue weighted by Gasteiger charge is -2.52. The van der Waals surface area contributed by atoms with Crippen LogP contribution in [0, 0.1) is 23.7 Å². The van der Waals surface area contributed by atoms with Gasteiger partial charge in [0.25, 0.3) is 0 Å². The molecular formula is C16H31B. The highest BCUT2D eigenvalue weighted by Crippen LogP contribution is 2.56. The summed E-state index contributed by atoms with van der Waals surface area (Å²) in [7, 11) is 0. The summed E-state index contributed by atoms with van der Waals surface area (Å²) in [5, 5.41) is 0.523. The Labute approximate surface area is 109 Å². The second-order valence-corrected chi connectivity index (χ2v) is 8.01. The van der Waals surface area contributed by atoms with Gasteiger partial charge in [0.2, 0.25) is 0 Å². The Bertz CT molecular complexity index is 269. The summed E-state index contributed by atoms with van der Waals surface area (Å²) < 4.78 is 0. The lowest BCUT2D eigenvalue weighted by molar-refractivity contribution is 0.204. The molecule has 1 heterocycles. The van der Waals surface area contributed by atoms with Crippen LogP contribution in [0.2, 0.25) is 17.5 Å². The smallest absolute Gasteiger partial charge is 0.0706 e. The van der Waals surface area contributed by atoms with Crippen LogP contribution in [-0.2, 0) is 0 Å². The fraction of sp³-hybridized carbons (Fsp3) is 1.00. The van der Waals surface area contributed by atoms with Crippen LogP contribution in [0.15, 0.2) is 0 Å². The van der Waals surface area contributed by atoms with E-state index in [1.807, 2.05) is 0 Å². The molecule has 1 aliphatic heterocycles. The molecule has 2 fully saturated rings. The fourth-order valence-corrected chi connectivity index (χ4v) is 4.52. The summed E-state index contributed by atoms with van der Waals surface area (Å²) in [4.78, 5) is 0. The minimum absolute atomic E-state index is 0.523. The minimum atomic E-state index is 0.523. The van der Waals surface area contributed by atoms with Crippen LogP contribution in [0.4, 0.5) is 0 Å². The van der Waals surface area contributed by atoms with E-state index in [1.54, 1.807) is 0 Å². The number of hydrogen-bond donors (Lipinski definition) is 0.